The maximum atomic E-state index is 5.41. The molecule has 0 amide bonds. The normalized spacial score (nSPS) is 12.3. The summed E-state index contributed by atoms with van der Waals surface area (Å²) in [6.45, 7) is 4.21. The largest absolute Gasteiger partial charge is 0.356 e. The summed E-state index contributed by atoms with van der Waals surface area (Å²) in [5.41, 5.74) is 2.58. The molecule has 0 aliphatic heterocycles. The molecule has 0 aliphatic carbocycles. The number of nitrogens with one attached hydrogen (secondary N) is 1. The topological polar surface area (TPSA) is 67.1 Å². The van der Waals surface area contributed by atoms with Gasteiger partial charge in [0.05, 0.1) is 0 Å². The van der Waals surface area contributed by atoms with Crippen LogP contribution in [-0.4, -0.2) is 35.1 Å². The molecule has 1 unspecified atom stereocenters. The van der Waals surface area contributed by atoms with E-state index in [0.717, 1.165) is 23.8 Å². The van der Waals surface area contributed by atoms with Gasteiger partial charge in [0.2, 0.25) is 0 Å². The zero-order valence-corrected chi connectivity index (χ0v) is 11.7. The van der Waals surface area contributed by atoms with E-state index in [0.29, 0.717) is 11.9 Å². The third-order valence-corrected chi connectivity index (χ3v) is 3.47. The van der Waals surface area contributed by atoms with Gasteiger partial charge in [0, 0.05) is 31.3 Å². The number of anilines is 2. The Bertz CT molecular complexity index is 335. The molecule has 1 atom stereocenters. The highest BCUT2D eigenvalue weighted by Gasteiger charge is 2.12. The minimum atomic E-state index is 0.426. The van der Waals surface area contributed by atoms with Crippen LogP contribution in [-0.2, 0) is 6.42 Å². The van der Waals surface area contributed by atoms with Crippen LogP contribution >= 0.6 is 11.8 Å². The number of hydrazine groups is 1. The predicted molar refractivity (Wildman–Crippen MR) is 75.5 cm³/mol. The van der Waals surface area contributed by atoms with Crippen molar-refractivity contribution in [3.63, 3.8) is 0 Å². The molecule has 5 nitrogen and oxygen atoms in total. The fourth-order valence-electron chi connectivity index (χ4n) is 1.47. The number of nitrogens with zero attached hydrogens (tertiary/aromatic N) is 3. The van der Waals surface area contributed by atoms with Crippen LogP contribution in [0, 0.1) is 0 Å². The van der Waals surface area contributed by atoms with Gasteiger partial charge in [-0.05, 0) is 13.2 Å². The molecule has 17 heavy (non-hydrogen) atoms. The first kappa shape index (κ1) is 14.1. The van der Waals surface area contributed by atoms with Crippen molar-refractivity contribution in [2.75, 3.05) is 29.4 Å². The van der Waals surface area contributed by atoms with Gasteiger partial charge in [-0.25, -0.2) is 15.8 Å². The average molecular weight is 255 g/mol. The summed E-state index contributed by atoms with van der Waals surface area (Å²) >= 11 is 1.83. The monoisotopic (exact) mass is 255 g/mol. The number of aromatic nitrogens is 2. The van der Waals surface area contributed by atoms with Crippen LogP contribution < -0.4 is 16.2 Å². The van der Waals surface area contributed by atoms with E-state index in [-0.39, 0.29) is 0 Å². The molecular weight excluding hydrogens is 234 g/mol. The first-order valence-electron chi connectivity index (χ1n) is 5.68. The van der Waals surface area contributed by atoms with Crippen molar-refractivity contribution >= 4 is 23.4 Å². The SMILES string of the molecule is CCc1nc(NN)cc(N(C)C(C)CSC)n1. The molecule has 0 saturated heterocycles. The average Bonchev–Trinajstić information content (AvgIpc) is 2.37. The van der Waals surface area contributed by atoms with Gasteiger partial charge in [-0.1, -0.05) is 6.92 Å². The molecule has 1 aromatic heterocycles. The third kappa shape index (κ3) is 3.74. The number of thioether (sulfide) groups is 1. The molecule has 0 aliphatic rings. The highest BCUT2D eigenvalue weighted by molar-refractivity contribution is 7.98. The Labute approximate surface area is 107 Å². The number of nitrogens with two attached hydrogens (primary N) is 1. The number of aryl methyl sites for hydroxylation is 1. The molecular formula is C11H21N5S. The number of nitrogen functional groups attached to an aromatic ring is 1. The van der Waals surface area contributed by atoms with Crippen molar-refractivity contribution in [1.29, 1.82) is 0 Å². The zero-order valence-electron chi connectivity index (χ0n) is 10.9. The fraction of sp³-hybridized carbons (Fsp3) is 0.636. The van der Waals surface area contributed by atoms with Crippen molar-refractivity contribution in [1.82, 2.24) is 9.97 Å². The number of hydrogen-bond donors (Lipinski definition) is 2. The van der Waals surface area contributed by atoms with E-state index in [4.69, 9.17) is 5.84 Å². The minimum absolute atomic E-state index is 0.426. The summed E-state index contributed by atoms with van der Waals surface area (Å²) in [5.74, 6) is 8.85. The van der Waals surface area contributed by atoms with Crippen LogP contribution in [0.1, 0.15) is 19.7 Å². The summed E-state index contributed by atoms with van der Waals surface area (Å²) in [7, 11) is 2.04. The van der Waals surface area contributed by atoms with Crippen LogP contribution in [0.15, 0.2) is 6.07 Å². The number of rotatable bonds is 6. The Balaban J connectivity index is 2.95. The molecule has 96 valence electrons. The molecule has 0 spiro atoms. The summed E-state index contributed by atoms with van der Waals surface area (Å²) in [6.07, 6.45) is 2.90. The van der Waals surface area contributed by atoms with Crippen molar-refractivity contribution in [2.45, 2.75) is 26.3 Å². The minimum Gasteiger partial charge on any atom is -0.356 e. The maximum absolute atomic E-state index is 5.41. The van der Waals surface area contributed by atoms with Gasteiger partial charge in [0.15, 0.2) is 0 Å². The quantitative estimate of drug-likeness (QED) is 0.593. The third-order valence-electron chi connectivity index (χ3n) is 2.65. The lowest BCUT2D eigenvalue weighted by atomic mass is 10.3. The predicted octanol–water partition coefficient (Wildman–Crippen LogP) is 1.51. The molecule has 1 aromatic rings. The zero-order chi connectivity index (χ0) is 12.8. The van der Waals surface area contributed by atoms with E-state index in [1.807, 2.05) is 31.8 Å². The lowest BCUT2D eigenvalue weighted by molar-refractivity contribution is 0.745. The van der Waals surface area contributed by atoms with Crippen LogP contribution in [0.2, 0.25) is 0 Å². The van der Waals surface area contributed by atoms with Gasteiger partial charge in [0.25, 0.3) is 0 Å². The van der Waals surface area contributed by atoms with E-state index in [1.165, 1.54) is 0 Å². The molecule has 1 heterocycles. The van der Waals surface area contributed by atoms with Gasteiger partial charge < -0.3 is 10.3 Å². The maximum Gasteiger partial charge on any atom is 0.145 e. The second-order valence-electron chi connectivity index (χ2n) is 3.94. The van der Waals surface area contributed by atoms with E-state index in [1.54, 1.807) is 0 Å². The summed E-state index contributed by atoms with van der Waals surface area (Å²) in [5, 5.41) is 0. The highest BCUT2D eigenvalue weighted by atomic mass is 32.2. The molecule has 0 radical (unpaired) electrons. The van der Waals surface area contributed by atoms with Gasteiger partial charge in [-0.3, -0.25) is 0 Å². The van der Waals surface area contributed by atoms with Crippen molar-refractivity contribution < 1.29 is 0 Å². The number of hydrogen-bond acceptors (Lipinski definition) is 6. The van der Waals surface area contributed by atoms with Crippen molar-refractivity contribution in [2.24, 2.45) is 5.84 Å². The van der Waals surface area contributed by atoms with Crippen molar-refractivity contribution in [3.8, 4) is 0 Å². The van der Waals surface area contributed by atoms with Gasteiger partial charge in [-0.15, -0.1) is 0 Å². The first-order chi connectivity index (χ1) is 8.12. The molecule has 1 rings (SSSR count). The molecule has 3 N–H and O–H groups in total. The molecule has 0 bridgehead atoms. The van der Waals surface area contributed by atoms with Crippen LogP contribution in [0.25, 0.3) is 0 Å². The van der Waals surface area contributed by atoms with Crippen LogP contribution in [0.5, 0.6) is 0 Å². The van der Waals surface area contributed by atoms with E-state index < -0.39 is 0 Å². The Kier molecular flexibility index (Phi) is 5.50. The molecule has 0 aromatic carbocycles. The second-order valence-corrected chi connectivity index (χ2v) is 4.85. The summed E-state index contributed by atoms with van der Waals surface area (Å²) < 4.78 is 0. The van der Waals surface area contributed by atoms with Gasteiger partial charge in [0.1, 0.15) is 17.5 Å². The van der Waals surface area contributed by atoms with Crippen LogP contribution in [0.4, 0.5) is 11.6 Å². The fourth-order valence-corrected chi connectivity index (χ4v) is 2.18. The Morgan fingerprint density at radius 1 is 1.53 bits per heavy atom. The lowest BCUT2D eigenvalue weighted by Gasteiger charge is -2.25. The van der Waals surface area contributed by atoms with Crippen LogP contribution in [0.3, 0.4) is 0 Å². The van der Waals surface area contributed by atoms with Gasteiger partial charge >= 0.3 is 0 Å². The van der Waals surface area contributed by atoms with E-state index in [2.05, 4.69) is 33.5 Å². The Morgan fingerprint density at radius 3 is 2.76 bits per heavy atom. The second kappa shape index (κ2) is 6.66. The highest BCUT2D eigenvalue weighted by Crippen LogP contribution is 2.17. The Hall–Kier alpha value is -1.01. The molecule has 0 saturated carbocycles. The smallest absolute Gasteiger partial charge is 0.145 e. The summed E-state index contributed by atoms with van der Waals surface area (Å²) in [6, 6.07) is 2.30. The Morgan fingerprint density at radius 2 is 2.24 bits per heavy atom. The first-order valence-corrected chi connectivity index (χ1v) is 7.08. The van der Waals surface area contributed by atoms with E-state index >= 15 is 0 Å². The summed E-state index contributed by atoms with van der Waals surface area (Å²) in [4.78, 5) is 10.9. The van der Waals surface area contributed by atoms with Gasteiger partial charge in [-0.2, -0.15) is 11.8 Å². The standard InChI is InChI=1S/C11H21N5S/c1-5-9-13-10(15-12)6-11(14-9)16(3)8(2)7-17-4/h6,8H,5,7,12H2,1-4H3,(H,13,14,15). The lowest BCUT2D eigenvalue weighted by Crippen LogP contribution is -2.32. The van der Waals surface area contributed by atoms with E-state index in [9.17, 15) is 0 Å². The molecule has 0 fully saturated rings. The molecule has 6 heteroatoms. The van der Waals surface area contributed by atoms with Crippen molar-refractivity contribution in [3.05, 3.63) is 11.9 Å².